The van der Waals surface area contributed by atoms with E-state index in [4.69, 9.17) is 16.3 Å². The molecule has 0 aliphatic rings. The summed E-state index contributed by atoms with van der Waals surface area (Å²) in [6, 6.07) is 28.7. The molecule has 0 fully saturated rings. The fourth-order valence-electron chi connectivity index (χ4n) is 3.66. The molecular weight excluding hydrogens is 540 g/mol. The number of thioether (sulfide) groups is 1. The molecule has 4 rings (SSSR count). The van der Waals surface area contributed by atoms with E-state index in [2.05, 4.69) is 17.4 Å². The predicted octanol–water partition coefficient (Wildman–Crippen LogP) is 6.78. The van der Waals surface area contributed by atoms with Gasteiger partial charge in [-0.05, 0) is 67.1 Å². The van der Waals surface area contributed by atoms with Crippen LogP contribution in [0.3, 0.4) is 0 Å². The fourth-order valence-corrected chi connectivity index (χ4v) is 6.20. The number of aryl methyl sites for hydroxylation is 1. The molecule has 0 saturated carbocycles. The molecule has 0 spiro atoms. The lowest BCUT2D eigenvalue weighted by atomic mass is 10.2. The summed E-state index contributed by atoms with van der Waals surface area (Å²) in [5.74, 6) is 0.705. The highest BCUT2D eigenvalue weighted by Crippen LogP contribution is 2.32. The molecule has 6 nitrogen and oxygen atoms in total. The molecule has 0 atom stereocenters. The van der Waals surface area contributed by atoms with Crippen molar-refractivity contribution in [3.8, 4) is 5.75 Å². The van der Waals surface area contributed by atoms with Gasteiger partial charge in [-0.15, -0.1) is 11.8 Å². The first kappa shape index (κ1) is 27.6. The number of benzene rings is 4. The van der Waals surface area contributed by atoms with E-state index in [1.165, 1.54) is 30.2 Å². The lowest BCUT2D eigenvalue weighted by molar-refractivity contribution is -0.114. The Morgan fingerprint density at radius 3 is 2.26 bits per heavy atom. The number of anilines is 2. The van der Waals surface area contributed by atoms with Crippen molar-refractivity contribution in [1.82, 2.24) is 0 Å². The number of carbonyl (C=O) groups is 1. The molecular formula is C29H27ClN2O4S2. The summed E-state index contributed by atoms with van der Waals surface area (Å²) in [6.07, 6.45) is 0. The Balaban J connectivity index is 1.51. The Bertz CT molecular complexity index is 1490. The van der Waals surface area contributed by atoms with Crippen molar-refractivity contribution in [1.29, 1.82) is 0 Å². The van der Waals surface area contributed by atoms with Gasteiger partial charge in [0.05, 0.1) is 22.7 Å². The first-order valence-corrected chi connectivity index (χ1v) is 14.6. The number of hydrogen-bond donors (Lipinski definition) is 1. The zero-order valence-electron chi connectivity index (χ0n) is 20.9. The van der Waals surface area contributed by atoms with Crippen molar-refractivity contribution < 1.29 is 17.9 Å². The standard InChI is InChI=1S/C29H27ClN2O4S2/c1-21-8-15-26(16-9-21)38(34,35)32(24-14-17-28(36-2)27(30)18-24)19-29(33)31-23-12-10-22(11-13-23)20-37-25-6-4-3-5-7-25/h3-18H,19-20H2,1-2H3,(H,31,33). The highest BCUT2D eigenvalue weighted by atomic mass is 35.5. The third kappa shape index (κ3) is 6.89. The van der Waals surface area contributed by atoms with Crippen molar-refractivity contribution in [3.05, 3.63) is 113 Å². The summed E-state index contributed by atoms with van der Waals surface area (Å²) < 4.78 is 33.4. The molecule has 0 bridgehead atoms. The number of hydrogen-bond acceptors (Lipinski definition) is 5. The smallest absolute Gasteiger partial charge is 0.264 e. The minimum absolute atomic E-state index is 0.0723. The van der Waals surface area contributed by atoms with Crippen LogP contribution in [0.5, 0.6) is 5.75 Å². The third-order valence-corrected chi connectivity index (χ3v) is 8.87. The maximum absolute atomic E-state index is 13.6. The minimum atomic E-state index is -4.06. The van der Waals surface area contributed by atoms with E-state index < -0.39 is 22.5 Å². The normalized spacial score (nSPS) is 11.1. The number of rotatable bonds is 10. The Morgan fingerprint density at radius 1 is 0.947 bits per heavy atom. The van der Waals surface area contributed by atoms with E-state index in [1.807, 2.05) is 49.4 Å². The van der Waals surface area contributed by atoms with Crippen molar-refractivity contribution in [2.75, 3.05) is 23.3 Å². The molecule has 0 radical (unpaired) electrons. The quantitative estimate of drug-likeness (QED) is 0.214. The number of carbonyl (C=O) groups excluding carboxylic acids is 1. The second kappa shape index (κ2) is 12.4. The maximum Gasteiger partial charge on any atom is 0.264 e. The Morgan fingerprint density at radius 2 is 1.63 bits per heavy atom. The number of nitrogens with one attached hydrogen (secondary N) is 1. The van der Waals surface area contributed by atoms with Crippen LogP contribution in [0.25, 0.3) is 0 Å². The van der Waals surface area contributed by atoms with E-state index in [0.717, 1.165) is 21.2 Å². The van der Waals surface area contributed by atoms with E-state index in [0.29, 0.717) is 11.4 Å². The van der Waals surface area contributed by atoms with Crippen LogP contribution in [0.4, 0.5) is 11.4 Å². The zero-order valence-corrected chi connectivity index (χ0v) is 23.3. The molecule has 196 valence electrons. The second-order valence-electron chi connectivity index (χ2n) is 8.49. The average molecular weight is 567 g/mol. The van der Waals surface area contributed by atoms with Gasteiger partial charge in [-0.2, -0.15) is 0 Å². The molecule has 0 saturated heterocycles. The largest absolute Gasteiger partial charge is 0.495 e. The SMILES string of the molecule is COc1ccc(N(CC(=O)Nc2ccc(CSc3ccccc3)cc2)S(=O)(=O)c2ccc(C)cc2)cc1Cl. The predicted molar refractivity (Wildman–Crippen MR) is 155 cm³/mol. The number of methoxy groups -OCH3 is 1. The van der Waals surface area contributed by atoms with Gasteiger partial charge in [-0.25, -0.2) is 8.42 Å². The monoisotopic (exact) mass is 566 g/mol. The van der Waals surface area contributed by atoms with Crippen molar-refractivity contribution >= 4 is 50.7 Å². The van der Waals surface area contributed by atoms with Gasteiger partial charge in [0, 0.05) is 16.3 Å². The summed E-state index contributed by atoms with van der Waals surface area (Å²) >= 11 is 8.01. The Labute approximate surface area is 232 Å². The third-order valence-electron chi connectivity index (χ3n) is 5.71. The molecule has 0 heterocycles. The summed E-state index contributed by atoms with van der Waals surface area (Å²) in [5, 5.41) is 3.04. The van der Waals surface area contributed by atoms with Crippen LogP contribution in [0, 0.1) is 6.92 Å². The molecule has 9 heteroatoms. The molecule has 4 aromatic rings. The highest BCUT2D eigenvalue weighted by molar-refractivity contribution is 7.98. The average Bonchev–Trinajstić information content (AvgIpc) is 2.92. The molecule has 4 aromatic carbocycles. The Kier molecular flexibility index (Phi) is 8.99. The van der Waals surface area contributed by atoms with Gasteiger partial charge >= 0.3 is 0 Å². The molecule has 0 unspecified atom stereocenters. The summed E-state index contributed by atoms with van der Waals surface area (Å²) in [7, 11) is -2.59. The van der Waals surface area contributed by atoms with Crippen molar-refractivity contribution in [2.24, 2.45) is 0 Å². The molecule has 1 amide bonds. The van der Waals surface area contributed by atoms with E-state index in [1.54, 1.807) is 36.0 Å². The lowest BCUT2D eigenvalue weighted by Gasteiger charge is -2.24. The van der Waals surface area contributed by atoms with Crippen molar-refractivity contribution in [2.45, 2.75) is 22.5 Å². The van der Waals surface area contributed by atoms with Crippen LogP contribution in [0.15, 0.2) is 107 Å². The summed E-state index contributed by atoms with van der Waals surface area (Å²) in [5.41, 5.74) is 2.85. The molecule has 0 aliphatic heterocycles. The number of halogens is 1. The van der Waals surface area contributed by atoms with Gasteiger partial charge in [0.2, 0.25) is 5.91 Å². The molecule has 1 N–H and O–H groups in total. The van der Waals surface area contributed by atoms with Gasteiger partial charge in [-0.1, -0.05) is 59.6 Å². The fraction of sp³-hybridized carbons (Fsp3) is 0.138. The minimum Gasteiger partial charge on any atom is -0.495 e. The summed E-state index contributed by atoms with van der Waals surface area (Å²) in [6.45, 7) is 1.43. The van der Waals surface area contributed by atoms with Crippen LogP contribution in [-0.2, 0) is 20.6 Å². The van der Waals surface area contributed by atoms with Gasteiger partial charge in [0.15, 0.2) is 0 Å². The van der Waals surface area contributed by atoms with Crippen LogP contribution < -0.4 is 14.4 Å². The molecule has 0 aliphatic carbocycles. The van der Waals surface area contributed by atoms with Crippen molar-refractivity contribution in [3.63, 3.8) is 0 Å². The molecule has 38 heavy (non-hydrogen) atoms. The first-order valence-electron chi connectivity index (χ1n) is 11.8. The topological polar surface area (TPSA) is 75.7 Å². The molecule has 0 aromatic heterocycles. The van der Waals surface area contributed by atoms with E-state index >= 15 is 0 Å². The maximum atomic E-state index is 13.6. The lowest BCUT2D eigenvalue weighted by Crippen LogP contribution is -2.38. The number of amides is 1. The van der Waals surface area contributed by atoms with Gasteiger partial charge in [-0.3, -0.25) is 9.10 Å². The van der Waals surface area contributed by atoms with Gasteiger partial charge in [0.1, 0.15) is 12.3 Å². The Hall–Kier alpha value is -3.46. The van der Waals surface area contributed by atoms with Gasteiger partial charge in [0.25, 0.3) is 10.0 Å². The van der Waals surface area contributed by atoms with E-state index in [9.17, 15) is 13.2 Å². The zero-order chi connectivity index (χ0) is 27.1. The number of nitrogens with zero attached hydrogens (tertiary/aromatic N) is 1. The summed E-state index contributed by atoms with van der Waals surface area (Å²) in [4.78, 5) is 14.3. The highest BCUT2D eigenvalue weighted by Gasteiger charge is 2.28. The second-order valence-corrected chi connectivity index (χ2v) is 11.8. The number of sulfonamides is 1. The van der Waals surface area contributed by atoms with Crippen LogP contribution >= 0.6 is 23.4 Å². The van der Waals surface area contributed by atoms with Crippen LogP contribution in [0.1, 0.15) is 11.1 Å². The van der Waals surface area contributed by atoms with E-state index in [-0.39, 0.29) is 15.6 Å². The number of ether oxygens (including phenoxy) is 1. The van der Waals surface area contributed by atoms with Crippen LogP contribution in [0.2, 0.25) is 5.02 Å². The van der Waals surface area contributed by atoms with Crippen LogP contribution in [-0.4, -0.2) is 28.0 Å². The van der Waals surface area contributed by atoms with Gasteiger partial charge < -0.3 is 10.1 Å². The first-order chi connectivity index (χ1) is 18.3.